The van der Waals surface area contributed by atoms with Crippen molar-refractivity contribution in [1.82, 2.24) is 0 Å². The lowest BCUT2D eigenvalue weighted by molar-refractivity contribution is 0.123. The summed E-state index contributed by atoms with van der Waals surface area (Å²) < 4.78 is 16.3. The summed E-state index contributed by atoms with van der Waals surface area (Å²) in [5.41, 5.74) is 0. The summed E-state index contributed by atoms with van der Waals surface area (Å²) in [6.45, 7) is 8.78. The van der Waals surface area contributed by atoms with E-state index in [1.54, 1.807) is 20.8 Å². The van der Waals surface area contributed by atoms with Crippen LogP contribution in [0.2, 0.25) is 0 Å². The molecule has 114 valence electrons. The van der Waals surface area contributed by atoms with Crippen LogP contribution in [0.3, 0.4) is 0 Å². The molecule has 0 aliphatic heterocycles. The third-order valence-corrected chi connectivity index (χ3v) is 11.2. The molecule has 3 nitrogen and oxygen atoms in total. The first kappa shape index (κ1) is 20.3. The first-order chi connectivity index (χ1) is 8.45. The van der Waals surface area contributed by atoms with E-state index in [1.807, 2.05) is 0 Å². The molecule has 19 heavy (non-hydrogen) atoms. The molecular formula is C10H19Cl4NO2P2. The Morgan fingerprint density at radius 3 is 1.79 bits per heavy atom. The number of hydrogen-bond acceptors (Lipinski definition) is 3. The highest BCUT2D eigenvalue weighted by molar-refractivity contribution is 8.12. The molecule has 0 heterocycles. The van der Waals surface area contributed by atoms with Crippen molar-refractivity contribution < 1.29 is 9.67 Å². The van der Waals surface area contributed by atoms with Gasteiger partial charge in [0.05, 0.1) is 0 Å². The van der Waals surface area contributed by atoms with Crippen LogP contribution in [0.4, 0.5) is 0 Å². The molecule has 0 fully saturated rings. The Labute approximate surface area is 134 Å². The minimum Gasteiger partial charge on any atom is -0.381 e. The molecular weight excluding hydrogens is 370 g/mol. The maximum Gasteiger partial charge on any atom is 0.283 e. The molecule has 1 atom stereocenters. The Balaban J connectivity index is 6.13. The zero-order valence-electron chi connectivity index (χ0n) is 11.1. The molecule has 0 aromatic rings. The summed E-state index contributed by atoms with van der Waals surface area (Å²) in [6, 6.07) is 0. The number of rotatable bonds is 7. The molecule has 1 N–H and O–H groups in total. The van der Waals surface area contributed by atoms with Crippen LogP contribution in [0.1, 0.15) is 40.0 Å². The number of hydrogen-bond donors (Lipinski definition) is 1. The fraction of sp³-hybridized carbons (Fsp3) is 0.800. The lowest BCUT2D eigenvalue weighted by Gasteiger charge is -2.35. The summed E-state index contributed by atoms with van der Waals surface area (Å²) >= 11 is 24.1. The average Bonchev–Trinajstić information content (AvgIpc) is 2.33. The largest absolute Gasteiger partial charge is 0.381 e. The molecule has 0 aliphatic carbocycles. The van der Waals surface area contributed by atoms with Gasteiger partial charge in [0, 0.05) is 0 Å². The predicted molar refractivity (Wildman–Crippen MR) is 89.1 cm³/mol. The molecule has 0 aliphatic rings. The van der Waals surface area contributed by atoms with Crippen molar-refractivity contribution in [3.05, 3.63) is 12.7 Å². The van der Waals surface area contributed by atoms with Crippen molar-refractivity contribution in [2.75, 3.05) is 0 Å². The van der Waals surface area contributed by atoms with Gasteiger partial charge in [-0.25, -0.2) is 4.74 Å². The maximum absolute atomic E-state index is 12.1. The number of aliphatic hydroxyl groups is 1. The third-order valence-electron chi connectivity index (χ3n) is 3.23. The first-order valence-corrected chi connectivity index (χ1v) is 12.9. The highest BCUT2D eigenvalue weighted by atomic mass is 35.9. The van der Waals surface area contributed by atoms with Gasteiger partial charge in [-0.1, -0.05) is 49.3 Å². The van der Waals surface area contributed by atoms with E-state index in [0.29, 0.717) is 12.8 Å². The van der Waals surface area contributed by atoms with E-state index in [0.717, 1.165) is 0 Å². The molecule has 0 saturated carbocycles. The van der Waals surface area contributed by atoms with E-state index in [-0.39, 0.29) is 6.42 Å². The van der Waals surface area contributed by atoms with Gasteiger partial charge in [0.25, 0.3) is 5.85 Å². The van der Waals surface area contributed by atoms with Crippen molar-refractivity contribution in [3.8, 4) is 0 Å². The summed E-state index contributed by atoms with van der Waals surface area (Å²) in [5, 5.41) is 7.66. The van der Waals surface area contributed by atoms with Crippen LogP contribution in [0.5, 0.6) is 0 Å². The summed E-state index contributed by atoms with van der Waals surface area (Å²) in [6.07, 6.45) is 2.16. The lowest BCUT2D eigenvalue weighted by Crippen LogP contribution is -2.26. The Kier molecular flexibility index (Phi) is 7.54. The standard InChI is InChI=1S/C10H19Cl4NO2P2/c1-5-9(6-2,19(13,14)17)15-18(11,12)10(16,7-3)8-4/h5,16H,1,6-8H2,2-4H3. The molecule has 0 saturated heterocycles. The molecule has 0 aromatic carbocycles. The van der Waals surface area contributed by atoms with E-state index < -0.39 is 22.2 Å². The van der Waals surface area contributed by atoms with E-state index in [2.05, 4.69) is 11.3 Å². The van der Waals surface area contributed by atoms with E-state index in [4.69, 9.17) is 45.0 Å². The Bertz CT molecular complexity index is 427. The van der Waals surface area contributed by atoms with Gasteiger partial charge in [-0.05, 0) is 41.7 Å². The fourth-order valence-corrected chi connectivity index (χ4v) is 8.84. The van der Waals surface area contributed by atoms with E-state index in [1.165, 1.54) is 6.08 Å². The topological polar surface area (TPSA) is 49.7 Å². The lowest BCUT2D eigenvalue weighted by atomic mass is 10.2. The first-order valence-electron chi connectivity index (χ1n) is 5.83. The molecule has 0 radical (unpaired) electrons. The van der Waals surface area contributed by atoms with Gasteiger partial charge in [0.15, 0.2) is 11.0 Å². The molecule has 0 spiro atoms. The summed E-state index contributed by atoms with van der Waals surface area (Å²) in [5.74, 6) is -6.89. The third kappa shape index (κ3) is 4.16. The van der Waals surface area contributed by atoms with Gasteiger partial charge in [-0.15, -0.1) is 6.58 Å². The van der Waals surface area contributed by atoms with Gasteiger partial charge < -0.3 is 5.11 Å². The normalized spacial score (nSPS) is 16.8. The van der Waals surface area contributed by atoms with Gasteiger partial charge in [0.2, 0.25) is 0 Å². The smallest absolute Gasteiger partial charge is 0.283 e. The van der Waals surface area contributed by atoms with Crippen molar-refractivity contribution in [1.29, 1.82) is 0 Å². The Morgan fingerprint density at radius 2 is 1.58 bits per heavy atom. The SMILES string of the molecule is C=CC(CC)(N=P(Cl)(Cl)C(O)(CC)CC)P(=O)(Cl)Cl. The molecule has 0 rings (SSSR count). The van der Waals surface area contributed by atoms with Crippen molar-refractivity contribution in [2.24, 2.45) is 4.74 Å². The molecule has 0 aromatic heterocycles. The molecule has 1 unspecified atom stereocenters. The quantitative estimate of drug-likeness (QED) is 0.378. The van der Waals surface area contributed by atoms with Crippen LogP contribution in [0.15, 0.2) is 17.4 Å². The van der Waals surface area contributed by atoms with Crippen LogP contribution < -0.4 is 0 Å². The molecule has 9 heteroatoms. The maximum atomic E-state index is 12.1. The van der Waals surface area contributed by atoms with Gasteiger partial charge >= 0.3 is 0 Å². The number of halogens is 4. The molecule has 0 amide bonds. The predicted octanol–water partition coefficient (Wildman–Crippen LogP) is 6.97. The minimum atomic E-state index is -3.69. The van der Waals surface area contributed by atoms with Gasteiger partial charge in [-0.2, -0.15) is 0 Å². The number of nitrogens with zero attached hydrogens (tertiary/aromatic N) is 1. The fourth-order valence-electron chi connectivity index (χ4n) is 1.54. The second kappa shape index (κ2) is 7.05. The van der Waals surface area contributed by atoms with Gasteiger partial charge in [-0.3, -0.25) is 4.57 Å². The van der Waals surface area contributed by atoms with Crippen molar-refractivity contribution in [2.45, 2.75) is 50.7 Å². The summed E-state index contributed by atoms with van der Waals surface area (Å²) in [7, 11) is 0. The molecule has 0 bridgehead atoms. The van der Waals surface area contributed by atoms with E-state index in [9.17, 15) is 9.67 Å². The Hall–Kier alpha value is 1.32. The van der Waals surface area contributed by atoms with E-state index >= 15 is 0 Å². The second-order valence-electron chi connectivity index (χ2n) is 4.17. The van der Waals surface area contributed by atoms with Crippen molar-refractivity contribution in [3.63, 3.8) is 0 Å². The highest BCUT2D eigenvalue weighted by Crippen LogP contribution is 2.78. The zero-order valence-corrected chi connectivity index (χ0v) is 15.9. The van der Waals surface area contributed by atoms with Crippen LogP contribution in [0.25, 0.3) is 0 Å². The monoisotopic (exact) mass is 387 g/mol. The highest BCUT2D eigenvalue weighted by Gasteiger charge is 2.48. The van der Waals surface area contributed by atoms with Crippen LogP contribution in [-0.4, -0.2) is 15.7 Å². The average molecular weight is 389 g/mol. The van der Waals surface area contributed by atoms with Crippen LogP contribution >= 0.6 is 56.6 Å². The van der Waals surface area contributed by atoms with Gasteiger partial charge in [0.1, 0.15) is 5.34 Å². The summed E-state index contributed by atoms with van der Waals surface area (Å²) in [4.78, 5) is 0. The Morgan fingerprint density at radius 1 is 1.16 bits per heavy atom. The minimum absolute atomic E-state index is 0.228. The van der Waals surface area contributed by atoms with Crippen LogP contribution in [0, 0.1) is 0 Å². The van der Waals surface area contributed by atoms with Crippen molar-refractivity contribution >= 4 is 56.6 Å². The second-order valence-corrected chi connectivity index (χ2v) is 14.7. The van der Waals surface area contributed by atoms with Crippen LogP contribution in [-0.2, 0) is 4.57 Å². The zero-order chi connectivity index (χ0) is 15.5.